The van der Waals surface area contributed by atoms with Gasteiger partial charge in [-0.15, -0.1) is 5.10 Å². The molecule has 0 saturated carbocycles. The molecule has 1 N–H and O–H groups in total. The Bertz CT molecular complexity index is 975. The van der Waals surface area contributed by atoms with Crippen molar-refractivity contribution in [2.24, 2.45) is 0 Å². The van der Waals surface area contributed by atoms with Gasteiger partial charge < -0.3 is 14.4 Å². The molecule has 3 rings (SSSR count). The molecule has 0 aliphatic rings. The van der Waals surface area contributed by atoms with E-state index in [1.807, 2.05) is 37.3 Å². The van der Waals surface area contributed by atoms with Gasteiger partial charge in [0.15, 0.2) is 0 Å². The highest BCUT2D eigenvalue weighted by Gasteiger charge is 2.19. The highest BCUT2D eigenvalue weighted by Crippen LogP contribution is 2.17. The maximum absolute atomic E-state index is 12.5. The predicted molar refractivity (Wildman–Crippen MR) is 96.7 cm³/mol. The number of furan rings is 1. The predicted octanol–water partition coefficient (Wildman–Crippen LogP) is 2.38. The average Bonchev–Trinajstić information content (AvgIpc) is 3.18. The maximum Gasteiger partial charge on any atom is 0.339 e. The van der Waals surface area contributed by atoms with Crippen LogP contribution in [0, 0.1) is 13.8 Å². The molecule has 0 fully saturated rings. The van der Waals surface area contributed by atoms with Crippen LogP contribution in [0.5, 0.6) is 0 Å². The second kappa shape index (κ2) is 7.45. The molecule has 0 atom stereocenters. The monoisotopic (exact) mass is 368 g/mol. The largest absolute Gasteiger partial charge is 0.478 e. The van der Waals surface area contributed by atoms with Gasteiger partial charge in [0, 0.05) is 7.05 Å². The number of aryl methyl sites for hydroxylation is 1. The van der Waals surface area contributed by atoms with Gasteiger partial charge >= 0.3 is 5.97 Å². The summed E-state index contributed by atoms with van der Waals surface area (Å²) in [6, 6.07) is 11.0. The number of aromatic nitrogens is 3. The van der Waals surface area contributed by atoms with E-state index < -0.39 is 5.97 Å². The van der Waals surface area contributed by atoms with Crippen molar-refractivity contribution in [1.29, 1.82) is 0 Å². The summed E-state index contributed by atoms with van der Waals surface area (Å²) in [4.78, 5) is 25.1. The number of amides is 1. The Balaban J connectivity index is 1.69. The number of hydrogen-bond acceptors (Lipinski definition) is 5. The molecule has 0 saturated heterocycles. The van der Waals surface area contributed by atoms with E-state index in [0.29, 0.717) is 17.2 Å². The normalized spacial score (nSPS) is 10.8. The third-order valence-corrected chi connectivity index (χ3v) is 4.33. The Morgan fingerprint density at radius 2 is 1.93 bits per heavy atom. The SMILES string of the molecule is Cc1oc(CN(C)C(=O)Cc2nnn(-c3ccccc3)c2C)cc1C(=O)O. The van der Waals surface area contributed by atoms with E-state index in [1.54, 1.807) is 18.7 Å². The van der Waals surface area contributed by atoms with Crippen LogP contribution in [0.2, 0.25) is 0 Å². The summed E-state index contributed by atoms with van der Waals surface area (Å²) in [6.07, 6.45) is 0.0979. The maximum atomic E-state index is 12.5. The molecule has 8 heteroatoms. The number of rotatable bonds is 6. The third-order valence-electron chi connectivity index (χ3n) is 4.33. The Hall–Kier alpha value is -3.42. The third kappa shape index (κ3) is 3.89. The lowest BCUT2D eigenvalue weighted by Gasteiger charge is -2.15. The first-order valence-electron chi connectivity index (χ1n) is 8.40. The van der Waals surface area contributed by atoms with Gasteiger partial charge in [-0.3, -0.25) is 4.79 Å². The van der Waals surface area contributed by atoms with Crippen LogP contribution in [-0.2, 0) is 17.8 Å². The smallest absolute Gasteiger partial charge is 0.339 e. The van der Waals surface area contributed by atoms with Gasteiger partial charge in [-0.1, -0.05) is 23.4 Å². The molecule has 27 heavy (non-hydrogen) atoms. The van der Waals surface area contributed by atoms with Crippen molar-refractivity contribution in [3.63, 3.8) is 0 Å². The summed E-state index contributed by atoms with van der Waals surface area (Å²) in [5, 5.41) is 17.3. The number of carboxylic acids is 1. The van der Waals surface area contributed by atoms with E-state index in [-0.39, 0.29) is 24.4 Å². The van der Waals surface area contributed by atoms with Crippen LogP contribution in [0.4, 0.5) is 0 Å². The molecule has 0 aliphatic carbocycles. The minimum Gasteiger partial charge on any atom is -0.478 e. The van der Waals surface area contributed by atoms with Gasteiger partial charge in [-0.2, -0.15) is 0 Å². The van der Waals surface area contributed by atoms with Crippen molar-refractivity contribution in [3.8, 4) is 5.69 Å². The lowest BCUT2D eigenvalue weighted by molar-refractivity contribution is -0.130. The fourth-order valence-corrected chi connectivity index (χ4v) is 2.77. The quantitative estimate of drug-likeness (QED) is 0.717. The summed E-state index contributed by atoms with van der Waals surface area (Å²) in [5.74, 6) is -0.473. The van der Waals surface area contributed by atoms with E-state index in [1.165, 1.54) is 11.0 Å². The molecule has 2 heterocycles. The van der Waals surface area contributed by atoms with Crippen molar-refractivity contribution in [2.45, 2.75) is 26.8 Å². The van der Waals surface area contributed by atoms with Crippen LogP contribution < -0.4 is 0 Å². The van der Waals surface area contributed by atoms with E-state index in [4.69, 9.17) is 9.52 Å². The first kappa shape index (κ1) is 18.4. The molecule has 140 valence electrons. The van der Waals surface area contributed by atoms with Crippen molar-refractivity contribution in [1.82, 2.24) is 19.9 Å². The second-order valence-electron chi connectivity index (χ2n) is 6.28. The molecule has 0 aliphatic heterocycles. The topological polar surface area (TPSA) is 101 Å². The fourth-order valence-electron chi connectivity index (χ4n) is 2.77. The number of hydrogen-bond donors (Lipinski definition) is 1. The lowest BCUT2D eigenvalue weighted by atomic mass is 10.2. The van der Waals surface area contributed by atoms with E-state index in [9.17, 15) is 9.59 Å². The van der Waals surface area contributed by atoms with E-state index in [0.717, 1.165) is 11.4 Å². The highest BCUT2D eigenvalue weighted by molar-refractivity contribution is 5.88. The number of carbonyl (C=O) groups is 2. The van der Waals surface area contributed by atoms with Gasteiger partial charge in [-0.05, 0) is 32.0 Å². The lowest BCUT2D eigenvalue weighted by Crippen LogP contribution is -2.28. The zero-order chi connectivity index (χ0) is 19.6. The molecule has 2 aromatic heterocycles. The molecule has 0 bridgehead atoms. The molecular formula is C19H20N4O4. The van der Waals surface area contributed by atoms with Crippen LogP contribution in [0.1, 0.15) is 33.3 Å². The number of likely N-dealkylation sites (N-methyl/N-ethyl adjacent to an activating group) is 1. The Morgan fingerprint density at radius 1 is 1.22 bits per heavy atom. The summed E-state index contributed by atoms with van der Waals surface area (Å²) in [6.45, 7) is 3.63. The number of carboxylic acid groups (broad SMARTS) is 1. The molecule has 0 spiro atoms. The first-order valence-corrected chi connectivity index (χ1v) is 8.40. The van der Waals surface area contributed by atoms with Crippen LogP contribution in [0.25, 0.3) is 5.69 Å². The molecule has 1 amide bonds. The Morgan fingerprint density at radius 3 is 2.56 bits per heavy atom. The van der Waals surface area contributed by atoms with Gasteiger partial charge in [0.1, 0.15) is 17.1 Å². The average molecular weight is 368 g/mol. The zero-order valence-electron chi connectivity index (χ0n) is 15.3. The van der Waals surface area contributed by atoms with Crippen LogP contribution in [0.15, 0.2) is 40.8 Å². The van der Waals surface area contributed by atoms with Crippen LogP contribution >= 0.6 is 0 Å². The number of benzene rings is 1. The summed E-state index contributed by atoms with van der Waals surface area (Å²) in [7, 11) is 1.64. The number of nitrogens with zero attached hydrogens (tertiary/aromatic N) is 4. The highest BCUT2D eigenvalue weighted by atomic mass is 16.4. The van der Waals surface area contributed by atoms with Crippen LogP contribution in [-0.4, -0.2) is 43.9 Å². The van der Waals surface area contributed by atoms with Crippen molar-refractivity contribution < 1.29 is 19.1 Å². The van der Waals surface area contributed by atoms with Crippen molar-refractivity contribution in [2.75, 3.05) is 7.05 Å². The number of para-hydroxylation sites is 1. The van der Waals surface area contributed by atoms with Gasteiger partial charge in [0.25, 0.3) is 0 Å². The molecule has 0 unspecified atom stereocenters. The molecule has 3 aromatic rings. The summed E-state index contributed by atoms with van der Waals surface area (Å²) >= 11 is 0. The van der Waals surface area contributed by atoms with Crippen LogP contribution in [0.3, 0.4) is 0 Å². The molecule has 1 aromatic carbocycles. The fraction of sp³-hybridized carbons (Fsp3) is 0.263. The van der Waals surface area contributed by atoms with Gasteiger partial charge in [-0.25, -0.2) is 9.48 Å². The number of aromatic carboxylic acids is 1. The number of carbonyl (C=O) groups excluding carboxylic acids is 1. The first-order chi connectivity index (χ1) is 12.9. The summed E-state index contributed by atoms with van der Waals surface area (Å²) < 4.78 is 7.12. The van der Waals surface area contributed by atoms with E-state index >= 15 is 0 Å². The minimum atomic E-state index is -1.05. The van der Waals surface area contributed by atoms with E-state index in [2.05, 4.69) is 10.3 Å². The van der Waals surface area contributed by atoms with Crippen molar-refractivity contribution in [3.05, 3.63) is 64.9 Å². The standard InChI is InChI=1S/C19H20N4O4/c1-12-17(20-21-23(12)14-7-5-4-6-8-14)10-18(24)22(3)11-15-9-16(19(25)26)13(2)27-15/h4-9H,10-11H2,1-3H3,(H,25,26). The van der Waals surface area contributed by atoms with Gasteiger partial charge in [0.05, 0.1) is 30.0 Å². The Labute approximate surface area is 156 Å². The molecule has 0 radical (unpaired) electrons. The zero-order valence-corrected chi connectivity index (χ0v) is 15.3. The van der Waals surface area contributed by atoms with Crippen molar-refractivity contribution >= 4 is 11.9 Å². The molecule has 8 nitrogen and oxygen atoms in total. The molecular weight excluding hydrogens is 348 g/mol. The minimum absolute atomic E-state index is 0.0979. The van der Waals surface area contributed by atoms with Gasteiger partial charge in [0.2, 0.25) is 5.91 Å². The summed E-state index contributed by atoms with van der Waals surface area (Å²) in [5.41, 5.74) is 2.37. The second-order valence-corrected chi connectivity index (χ2v) is 6.28. The Kier molecular flexibility index (Phi) is 5.07.